The first kappa shape index (κ1) is 15.4. The second-order valence-electron chi connectivity index (χ2n) is 3.96. The Bertz CT molecular complexity index is 377. The molecule has 1 aromatic rings. The maximum absolute atomic E-state index is 5.40. The van der Waals surface area contributed by atoms with Crippen LogP contribution in [0.1, 0.15) is 19.2 Å². The zero-order valence-electron chi connectivity index (χ0n) is 11.6. The van der Waals surface area contributed by atoms with Gasteiger partial charge in [-0.1, -0.05) is 0 Å². The molecule has 0 aliphatic heterocycles. The molecule has 1 rings (SSSR count). The van der Waals surface area contributed by atoms with Crippen LogP contribution in [0.5, 0.6) is 0 Å². The number of guanidine groups is 1. The van der Waals surface area contributed by atoms with Gasteiger partial charge in [0.15, 0.2) is 0 Å². The van der Waals surface area contributed by atoms with Crippen LogP contribution < -0.4 is 16.6 Å². The lowest BCUT2D eigenvalue weighted by molar-refractivity contribution is 0.146. The van der Waals surface area contributed by atoms with Gasteiger partial charge >= 0.3 is 0 Å². The molecule has 108 valence electrons. The quantitative estimate of drug-likeness (QED) is 0.188. The summed E-state index contributed by atoms with van der Waals surface area (Å²) in [5, 5.41) is 10.9. The molecule has 0 aliphatic carbocycles. The zero-order chi connectivity index (χ0) is 13.9. The monoisotopic (exact) mass is 269 g/mol. The lowest BCUT2D eigenvalue weighted by Crippen LogP contribution is -2.42. The van der Waals surface area contributed by atoms with E-state index in [-0.39, 0.29) is 0 Å². The van der Waals surface area contributed by atoms with E-state index >= 15 is 0 Å². The maximum Gasteiger partial charge on any atom is 0.205 e. The minimum Gasteiger partial charge on any atom is -0.382 e. The summed E-state index contributed by atoms with van der Waals surface area (Å²) in [6.45, 7) is 4.81. The van der Waals surface area contributed by atoms with Crippen LogP contribution in [0.2, 0.25) is 0 Å². The number of hydrogen-bond donors (Lipinski definition) is 3. The maximum atomic E-state index is 5.40. The van der Waals surface area contributed by atoms with Gasteiger partial charge in [0.25, 0.3) is 0 Å². The highest BCUT2D eigenvalue weighted by Gasteiger charge is 2.01. The molecule has 0 fully saturated rings. The first-order valence-electron chi connectivity index (χ1n) is 6.43. The van der Waals surface area contributed by atoms with E-state index in [9.17, 15) is 0 Å². The Kier molecular flexibility index (Phi) is 7.52. The second kappa shape index (κ2) is 9.29. The standard InChI is InChI=1S/C11H23N7O/c1-3-19-8-4-6-13-11(16-12)14-7-5-10-17-15-9-18(10)2/h9H,3-8,12H2,1-2H3,(H2,13,14,16). The van der Waals surface area contributed by atoms with Crippen molar-refractivity contribution in [1.29, 1.82) is 0 Å². The average molecular weight is 269 g/mol. The van der Waals surface area contributed by atoms with Crippen LogP contribution >= 0.6 is 0 Å². The van der Waals surface area contributed by atoms with E-state index in [0.29, 0.717) is 19.0 Å². The van der Waals surface area contributed by atoms with Crippen molar-refractivity contribution in [3.63, 3.8) is 0 Å². The fourth-order valence-electron chi connectivity index (χ4n) is 1.48. The fourth-order valence-corrected chi connectivity index (χ4v) is 1.48. The molecule has 4 N–H and O–H groups in total. The highest BCUT2D eigenvalue weighted by Crippen LogP contribution is 1.91. The summed E-state index contributed by atoms with van der Waals surface area (Å²) >= 11 is 0. The number of aryl methyl sites for hydroxylation is 1. The van der Waals surface area contributed by atoms with Crippen LogP contribution in [0, 0.1) is 0 Å². The van der Waals surface area contributed by atoms with E-state index in [1.165, 1.54) is 0 Å². The summed E-state index contributed by atoms with van der Waals surface area (Å²) in [5.41, 5.74) is 2.54. The number of aromatic nitrogens is 3. The normalized spacial score (nSPS) is 11.6. The van der Waals surface area contributed by atoms with Crippen LogP contribution in [0.3, 0.4) is 0 Å². The Morgan fingerprint density at radius 2 is 2.42 bits per heavy atom. The Morgan fingerprint density at radius 3 is 3.05 bits per heavy atom. The molecule has 0 atom stereocenters. The van der Waals surface area contributed by atoms with Crippen molar-refractivity contribution in [3.05, 3.63) is 12.2 Å². The topological polar surface area (TPSA) is 102 Å². The summed E-state index contributed by atoms with van der Waals surface area (Å²) in [4.78, 5) is 4.30. The highest BCUT2D eigenvalue weighted by molar-refractivity contribution is 5.79. The highest BCUT2D eigenvalue weighted by atomic mass is 16.5. The number of ether oxygens (including phenoxy) is 1. The molecule has 0 aliphatic rings. The summed E-state index contributed by atoms with van der Waals surface area (Å²) in [6, 6.07) is 0. The molecule has 0 aromatic carbocycles. The minimum absolute atomic E-state index is 0.582. The molecule has 0 unspecified atom stereocenters. The molecule has 8 nitrogen and oxygen atoms in total. The lowest BCUT2D eigenvalue weighted by atomic mass is 10.4. The number of nitrogens with one attached hydrogen (secondary N) is 2. The van der Waals surface area contributed by atoms with Crippen molar-refractivity contribution in [2.45, 2.75) is 19.8 Å². The average Bonchev–Trinajstić information content (AvgIpc) is 2.82. The van der Waals surface area contributed by atoms with Gasteiger partial charge in [0.1, 0.15) is 12.2 Å². The Balaban J connectivity index is 2.20. The minimum atomic E-state index is 0.582. The summed E-state index contributed by atoms with van der Waals surface area (Å²) in [5.74, 6) is 6.89. The fraction of sp³-hybridized carbons (Fsp3) is 0.727. The van der Waals surface area contributed by atoms with E-state index in [0.717, 1.165) is 31.9 Å². The molecule has 0 bridgehead atoms. The van der Waals surface area contributed by atoms with Gasteiger partial charge in [0.05, 0.1) is 0 Å². The van der Waals surface area contributed by atoms with Crippen molar-refractivity contribution in [3.8, 4) is 0 Å². The Morgan fingerprint density at radius 1 is 1.58 bits per heavy atom. The first-order valence-corrected chi connectivity index (χ1v) is 6.43. The third kappa shape index (κ3) is 6.16. The predicted molar refractivity (Wildman–Crippen MR) is 73.4 cm³/mol. The van der Waals surface area contributed by atoms with Crippen LogP contribution in [-0.2, 0) is 18.2 Å². The molecular weight excluding hydrogens is 246 g/mol. The number of hydrazine groups is 1. The Hall–Kier alpha value is -1.67. The van der Waals surface area contributed by atoms with E-state index in [4.69, 9.17) is 10.6 Å². The van der Waals surface area contributed by atoms with Gasteiger partial charge in [-0.25, -0.2) is 5.84 Å². The molecule has 0 spiro atoms. The van der Waals surface area contributed by atoms with E-state index < -0.39 is 0 Å². The van der Waals surface area contributed by atoms with Crippen molar-refractivity contribution in [2.24, 2.45) is 17.9 Å². The number of aliphatic imine (C=N–C) groups is 1. The van der Waals surface area contributed by atoms with E-state index in [1.54, 1.807) is 6.33 Å². The smallest absolute Gasteiger partial charge is 0.205 e. The summed E-state index contributed by atoms with van der Waals surface area (Å²) in [6.07, 6.45) is 3.32. The zero-order valence-corrected chi connectivity index (χ0v) is 11.6. The number of nitrogens with two attached hydrogens (primary N) is 1. The third-order valence-electron chi connectivity index (χ3n) is 2.50. The van der Waals surface area contributed by atoms with Crippen LogP contribution in [0.4, 0.5) is 0 Å². The third-order valence-corrected chi connectivity index (χ3v) is 2.50. The van der Waals surface area contributed by atoms with E-state index in [1.807, 2.05) is 18.5 Å². The lowest BCUT2D eigenvalue weighted by Gasteiger charge is -2.08. The molecular formula is C11H23N7O. The van der Waals surface area contributed by atoms with Gasteiger partial charge in [-0.15, -0.1) is 10.2 Å². The number of rotatable bonds is 8. The van der Waals surface area contributed by atoms with E-state index in [2.05, 4.69) is 25.9 Å². The predicted octanol–water partition coefficient (Wildman–Crippen LogP) is -0.807. The molecule has 0 amide bonds. The molecule has 0 saturated carbocycles. The molecule has 8 heteroatoms. The second-order valence-corrected chi connectivity index (χ2v) is 3.96. The number of nitrogens with zero attached hydrogens (tertiary/aromatic N) is 4. The van der Waals surface area contributed by atoms with Gasteiger partial charge in [-0.05, 0) is 13.3 Å². The molecule has 0 radical (unpaired) electrons. The van der Waals surface area contributed by atoms with Crippen LogP contribution in [0.25, 0.3) is 0 Å². The Labute approximate surface area is 113 Å². The molecule has 1 aromatic heterocycles. The van der Waals surface area contributed by atoms with Gasteiger partial charge in [-0.2, -0.15) is 0 Å². The van der Waals surface area contributed by atoms with Gasteiger partial charge in [-0.3, -0.25) is 10.4 Å². The van der Waals surface area contributed by atoms with Crippen molar-refractivity contribution < 1.29 is 4.74 Å². The number of hydrogen-bond acceptors (Lipinski definition) is 5. The van der Waals surface area contributed by atoms with Gasteiger partial charge in [0.2, 0.25) is 5.96 Å². The summed E-state index contributed by atoms with van der Waals surface area (Å²) < 4.78 is 7.12. The van der Waals surface area contributed by atoms with Gasteiger partial charge in [0, 0.05) is 39.8 Å². The SMILES string of the molecule is CCOCCCN=C(NN)NCCc1nncn1C. The van der Waals surface area contributed by atoms with Crippen molar-refractivity contribution >= 4 is 5.96 Å². The molecule has 19 heavy (non-hydrogen) atoms. The molecule has 1 heterocycles. The van der Waals surface area contributed by atoms with Crippen LogP contribution in [-0.4, -0.2) is 47.0 Å². The first-order chi connectivity index (χ1) is 9.27. The van der Waals surface area contributed by atoms with Crippen LogP contribution in [0.15, 0.2) is 11.3 Å². The summed E-state index contributed by atoms with van der Waals surface area (Å²) in [7, 11) is 1.92. The van der Waals surface area contributed by atoms with Crippen molar-refractivity contribution in [1.82, 2.24) is 25.5 Å². The molecule has 0 saturated heterocycles. The van der Waals surface area contributed by atoms with Gasteiger partial charge < -0.3 is 14.6 Å². The largest absolute Gasteiger partial charge is 0.382 e. The van der Waals surface area contributed by atoms with Crippen molar-refractivity contribution in [2.75, 3.05) is 26.3 Å².